The SMILES string of the molecule is O=C(NCCCn1ccnc1)C1CC12CCN(C(=O)c1ccccc1C(F)(F)F)CC2. The largest absolute Gasteiger partial charge is 0.417 e. The molecule has 1 saturated carbocycles. The Balaban J connectivity index is 1.27. The normalized spacial score (nSPS) is 20.0. The number of rotatable bonds is 6. The fourth-order valence-electron chi connectivity index (χ4n) is 4.53. The Morgan fingerprint density at radius 2 is 1.94 bits per heavy atom. The number of nitrogens with zero attached hydrogens (tertiary/aromatic N) is 3. The van der Waals surface area contributed by atoms with Crippen molar-refractivity contribution in [2.75, 3.05) is 19.6 Å². The Hall–Kier alpha value is -2.84. The van der Waals surface area contributed by atoms with Gasteiger partial charge in [0.25, 0.3) is 5.91 Å². The monoisotopic (exact) mass is 434 g/mol. The summed E-state index contributed by atoms with van der Waals surface area (Å²) in [5.74, 6) is -0.628. The number of carbonyl (C=O) groups excluding carboxylic acids is 2. The summed E-state index contributed by atoms with van der Waals surface area (Å²) in [6, 6.07) is 4.90. The fraction of sp³-hybridized carbons (Fsp3) is 0.500. The molecule has 4 rings (SSSR count). The lowest BCUT2D eigenvalue weighted by Crippen LogP contribution is -2.41. The van der Waals surface area contributed by atoms with Gasteiger partial charge in [-0.15, -0.1) is 0 Å². The molecular formula is C22H25F3N4O2. The van der Waals surface area contributed by atoms with E-state index in [9.17, 15) is 22.8 Å². The first kappa shape index (κ1) is 21.4. The van der Waals surface area contributed by atoms with Gasteiger partial charge in [0.15, 0.2) is 0 Å². The third kappa shape index (κ3) is 4.60. The number of aromatic nitrogens is 2. The highest BCUT2D eigenvalue weighted by Gasteiger charge is 2.58. The molecule has 166 valence electrons. The van der Waals surface area contributed by atoms with Crippen molar-refractivity contribution in [2.45, 2.75) is 38.4 Å². The molecule has 2 heterocycles. The van der Waals surface area contributed by atoms with Crippen LogP contribution in [0.2, 0.25) is 0 Å². The van der Waals surface area contributed by atoms with Crippen LogP contribution in [-0.4, -0.2) is 45.9 Å². The van der Waals surface area contributed by atoms with Crippen molar-refractivity contribution in [1.29, 1.82) is 0 Å². The Bertz CT molecular complexity index is 934. The van der Waals surface area contributed by atoms with Crippen molar-refractivity contribution >= 4 is 11.8 Å². The van der Waals surface area contributed by atoms with Gasteiger partial charge in [-0.25, -0.2) is 4.98 Å². The van der Waals surface area contributed by atoms with E-state index >= 15 is 0 Å². The highest BCUT2D eigenvalue weighted by molar-refractivity contribution is 5.96. The zero-order valence-electron chi connectivity index (χ0n) is 17.1. The van der Waals surface area contributed by atoms with Crippen LogP contribution in [0.15, 0.2) is 43.0 Å². The topological polar surface area (TPSA) is 67.2 Å². The molecule has 1 N–H and O–H groups in total. The number of likely N-dealkylation sites (tertiary alicyclic amines) is 1. The van der Waals surface area contributed by atoms with Gasteiger partial charge < -0.3 is 14.8 Å². The van der Waals surface area contributed by atoms with E-state index in [4.69, 9.17) is 0 Å². The van der Waals surface area contributed by atoms with Crippen LogP contribution >= 0.6 is 0 Å². The Morgan fingerprint density at radius 1 is 1.19 bits per heavy atom. The molecule has 0 radical (unpaired) electrons. The lowest BCUT2D eigenvalue weighted by Gasteiger charge is -2.33. The van der Waals surface area contributed by atoms with Crippen LogP contribution in [0.4, 0.5) is 13.2 Å². The molecule has 2 fully saturated rings. The van der Waals surface area contributed by atoms with E-state index in [1.165, 1.54) is 23.1 Å². The maximum atomic E-state index is 13.2. The third-order valence-electron chi connectivity index (χ3n) is 6.47. The highest BCUT2D eigenvalue weighted by atomic mass is 19.4. The smallest absolute Gasteiger partial charge is 0.356 e. The molecule has 1 aromatic carbocycles. The fourth-order valence-corrected chi connectivity index (χ4v) is 4.53. The van der Waals surface area contributed by atoms with Crippen LogP contribution in [0.1, 0.15) is 41.6 Å². The van der Waals surface area contributed by atoms with Crippen molar-refractivity contribution in [1.82, 2.24) is 19.8 Å². The maximum absolute atomic E-state index is 13.2. The van der Waals surface area contributed by atoms with Crippen molar-refractivity contribution < 1.29 is 22.8 Å². The summed E-state index contributed by atoms with van der Waals surface area (Å²) in [7, 11) is 0. The van der Waals surface area contributed by atoms with Gasteiger partial charge in [-0.05, 0) is 43.2 Å². The number of amides is 2. The van der Waals surface area contributed by atoms with Crippen molar-refractivity contribution in [3.05, 3.63) is 54.1 Å². The molecule has 31 heavy (non-hydrogen) atoms. The van der Waals surface area contributed by atoms with E-state index in [1.807, 2.05) is 10.8 Å². The summed E-state index contributed by atoms with van der Waals surface area (Å²) in [6.07, 6.45) is 3.62. The lowest BCUT2D eigenvalue weighted by molar-refractivity contribution is -0.138. The first-order valence-electron chi connectivity index (χ1n) is 10.5. The van der Waals surface area contributed by atoms with Crippen LogP contribution in [0.3, 0.4) is 0 Å². The molecule has 0 bridgehead atoms. The second-order valence-electron chi connectivity index (χ2n) is 8.40. The number of carbonyl (C=O) groups is 2. The summed E-state index contributed by atoms with van der Waals surface area (Å²) >= 11 is 0. The number of nitrogens with one attached hydrogen (secondary N) is 1. The van der Waals surface area contributed by atoms with Crippen LogP contribution < -0.4 is 5.32 Å². The first-order chi connectivity index (χ1) is 14.8. The Morgan fingerprint density at radius 3 is 2.61 bits per heavy atom. The number of benzene rings is 1. The predicted octanol–water partition coefficient (Wildman–Crippen LogP) is 3.35. The minimum absolute atomic E-state index is 0.0350. The number of imidazole rings is 1. The maximum Gasteiger partial charge on any atom is 0.417 e. The molecule has 1 aromatic heterocycles. The summed E-state index contributed by atoms with van der Waals surface area (Å²) in [5.41, 5.74) is -1.33. The molecule has 1 atom stereocenters. The molecule has 1 aliphatic heterocycles. The van der Waals surface area contributed by atoms with Crippen LogP contribution in [0.25, 0.3) is 0 Å². The standard InChI is InChI=1S/C22H25F3N4O2/c23-22(24,25)17-5-2-1-4-16(17)20(31)29-11-6-21(7-12-29)14-18(21)19(30)27-8-3-10-28-13-9-26-15-28/h1-2,4-5,9,13,15,18H,3,6-8,10-12,14H2,(H,27,30). The molecule has 2 aliphatic rings. The Kier molecular flexibility index (Phi) is 5.77. The van der Waals surface area contributed by atoms with E-state index in [-0.39, 0.29) is 22.8 Å². The molecule has 1 unspecified atom stereocenters. The minimum atomic E-state index is -4.57. The summed E-state index contributed by atoms with van der Waals surface area (Å²) in [6.45, 7) is 2.11. The Labute approximate surface area is 178 Å². The zero-order valence-corrected chi connectivity index (χ0v) is 17.1. The van der Waals surface area contributed by atoms with E-state index in [1.54, 1.807) is 12.5 Å². The molecular weight excluding hydrogens is 409 g/mol. The summed E-state index contributed by atoms with van der Waals surface area (Å²) in [5, 5.41) is 2.98. The predicted molar refractivity (Wildman–Crippen MR) is 107 cm³/mol. The quantitative estimate of drug-likeness (QED) is 0.709. The summed E-state index contributed by atoms with van der Waals surface area (Å²) in [4.78, 5) is 30.7. The average Bonchev–Trinajstić information content (AvgIpc) is 3.19. The molecule has 9 heteroatoms. The molecule has 2 aromatic rings. The van der Waals surface area contributed by atoms with Gasteiger partial charge >= 0.3 is 6.18 Å². The van der Waals surface area contributed by atoms with Crippen molar-refractivity contribution in [2.24, 2.45) is 11.3 Å². The van der Waals surface area contributed by atoms with Gasteiger partial charge in [0.1, 0.15) is 0 Å². The van der Waals surface area contributed by atoms with E-state index in [0.717, 1.165) is 25.5 Å². The molecule has 1 saturated heterocycles. The number of aryl methyl sites for hydroxylation is 1. The third-order valence-corrected chi connectivity index (χ3v) is 6.47. The van der Waals surface area contributed by atoms with Crippen LogP contribution in [-0.2, 0) is 17.5 Å². The second-order valence-corrected chi connectivity index (χ2v) is 8.40. The first-order valence-corrected chi connectivity index (χ1v) is 10.5. The van der Waals surface area contributed by atoms with E-state index in [2.05, 4.69) is 10.3 Å². The van der Waals surface area contributed by atoms with Gasteiger partial charge in [-0.3, -0.25) is 9.59 Å². The average molecular weight is 434 g/mol. The van der Waals surface area contributed by atoms with Crippen molar-refractivity contribution in [3.63, 3.8) is 0 Å². The van der Waals surface area contributed by atoms with Gasteiger partial charge in [0.2, 0.25) is 5.91 Å². The minimum Gasteiger partial charge on any atom is -0.356 e. The molecule has 1 aliphatic carbocycles. The molecule has 1 spiro atoms. The highest BCUT2D eigenvalue weighted by Crippen LogP contribution is 2.59. The number of hydrogen-bond acceptors (Lipinski definition) is 3. The summed E-state index contributed by atoms with van der Waals surface area (Å²) < 4.78 is 41.7. The number of halogens is 3. The van der Waals surface area contributed by atoms with Crippen LogP contribution in [0, 0.1) is 11.3 Å². The van der Waals surface area contributed by atoms with E-state index < -0.39 is 17.6 Å². The number of alkyl halides is 3. The molecule has 6 nitrogen and oxygen atoms in total. The number of hydrogen-bond donors (Lipinski definition) is 1. The van der Waals surface area contributed by atoms with Gasteiger partial charge in [-0.2, -0.15) is 13.2 Å². The van der Waals surface area contributed by atoms with Crippen LogP contribution in [0.5, 0.6) is 0 Å². The van der Waals surface area contributed by atoms with Gasteiger partial charge in [0.05, 0.1) is 17.5 Å². The lowest BCUT2D eigenvalue weighted by atomic mass is 9.90. The number of piperidine rings is 1. The van der Waals surface area contributed by atoms with E-state index in [0.29, 0.717) is 32.5 Å². The molecule has 2 amide bonds. The second kappa shape index (κ2) is 8.36. The van der Waals surface area contributed by atoms with Gasteiger partial charge in [0, 0.05) is 44.5 Å². The van der Waals surface area contributed by atoms with Crippen molar-refractivity contribution in [3.8, 4) is 0 Å². The zero-order chi connectivity index (χ0) is 22.1. The van der Waals surface area contributed by atoms with Gasteiger partial charge in [-0.1, -0.05) is 12.1 Å².